The van der Waals surface area contributed by atoms with Crippen LogP contribution in [0.15, 0.2) is 18.2 Å². The van der Waals surface area contributed by atoms with Crippen molar-refractivity contribution in [3.63, 3.8) is 0 Å². The molecule has 0 saturated heterocycles. The smallest absolute Gasteiger partial charge is 0.228 e. The Morgan fingerprint density at radius 2 is 1.26 bits per heavy atom. The Balaban J connectivity index is 1.23. The van der Waals surface area contributed by atoms with E-state index in [1.807, 2.05) is 25.1 Å². The minimum atomic E-state index is 0.168. The molecule has 5 rings (SSSR count). The second kappa shape index (κ2) is 6.65. The topological polar surface area (TPSA) is 58.2 Å². The van der Waals surface area contributed by atoms with Gasteiger partial charge in [0.15, 0.2) is 0 Å². The number of amides is 2. The monoisotopic (exact) mass is 366 g/mol. The molecule has 0 radical (unpaired) electrons. The minimum absolute atomic E-state index is 0.168. The highest BCUT2D eigenvalue weighted by Crippen LogP contribution is 2.56. The molecular formula is C23H30N2O2. The summed E-state index contributed by atoms with van der Waals surface area (Å²) in [6.07, 6.45) is 9.93. The third-order valence-corrected chi connectivity index (χ3v) is 7.68. The average Bonchev–Trinajstić information content (AvgIpc) is 3.56. The van der Waals surface area contributed by atoms with Crippen LogP contribution < -0.4 is 10.6 Å². The molecule has 2 unspecified atom stereocenters. The summed E-state index contributed by atoms with van der Waals surface area (Å²) in [5.41, 5.74) is 2.69. The molecule has 144 valence electrons. The normalized spacial score (nSPS) is 36.2. The number of nitrogens with one attached hydrogen (secondary N) is 2. The van der Waals surface area contributed by atoms with Crippen LogP contribution >= 0.6 is 0 Å². The van der Waals surface area contributed by atoms with Gasteiger partial charge in [-0.2, -0.15) is 0 Å². The van der Waals surface area contributed by atoms with Crippen molar-refractivity contribution in [3.8, 4) is 0 Å². The van der Waals surface area contributed by atoms with Crippen molar-refractivity contribution in [1.29, 1.82) is 0 Å². The van der Waals surface area contributed by atoms with Crippen LogP contribution in [0.1, 0.15) is 56.9 Å². The van der Waals surface area contributed by atoms with Gasteiger partial charge in [0.05, 0.1) is 0 Å². The first-order valence-corrected chi connectivity index (χ1v) is 10.9. The number of benzene rings is 1. The van der Waals surface area contributed by atoms with E-state index in [0.717, 1.165) is 16.9 Å². The Hall–Kier alpha value is -1.84. The number of hydrogen-bond donors (Lipinski definition) is 2. The second-order valence-corrected chi connectivity index (χ2v) is 9.28. The number of anilines is 2. The van der Waals surface area contributed by atoms with Crippen LogP contribution in [0.4, 0.5) is 11.4 Å². The van der Waals surface area contributed by atoms with Gasteiger partial charge in [-0.05, 0) is 74.0 Å². The van der Waals surface area contributed by atoms with Gasteiger partial charge in [-0.15, -0.1) is 0 Å². The Bertz CT molecular complexity index is 750. The second-order valence-electron chi connectivity index (χ2n) is 9.28. The lowest BCUT2D eigenvalue weighted by molar-refractivity contribution is -0.118. The van der Waals surface area contributed by atoms with Crippen LogP contribution in [-0.4, -0.2) is 11.8 Å². The third-order valence-electron chi connectivity index (χ3n) is 7.68. The number of rotatable bonds is 4. The average molecular weight is 367 g/mol. The van der Waals surface area contributed by atoms with Gasteiger partial charge in [0.1, 0.15) is 0 Å². The molecule has 0 aliphatic heterocycles. The highest BCUT2D eigenvalue weighted by molar-refractivity contribution is 5.98. The molecular weight excluding hydrogens is 336 g/mol. The highest BCUT2D eigenvalue weighted by atomic mass is 16.2. The summed E-state index contributed by atoms with van der Waals surface area (Å²) < 4.78 is 0. The Morgan fingerprint density at radius 1 is 0.778 bits per heavy atom. The molecule has 4 nitrogen and oxygen atoms in total. The fourth-order valence-electron chi connectivity index (χ4n) is 6.04. The number of aryl methyl sites for hydroxylation is 1. The molecule has 4 heteroatoms. The van der Waals surface area contributed by atoms with Crippen LogP contribution in [0, 0.1) is 42.4 Å². The zero-order valence-corrected chi connectivity index (χ0v) is 16.2. The summed E-state index contributed by atoms with van der Waals surface area (Å²) >= 11 is 0. The maximum Gasteiger partial charge on any atom is 0.228 e. The maximum absolute atomic E-state index is 12.7. The van der Waals surface area contributed by atoms with Gasteiger partial charge < -0.3 is 10.6 Å². The van der Waals surface area contributed by atoms with E-state index in [1.165, 1.54) is 51.4 Å². The molecule has 0 spiro atoms. The molecule has 0 aromatic heterocycles. The van der Waals surface area contributed by atoms with Crippen molar-refractivity contribution in [3.05, 3.63) is 23.8 Å². The fraction of sp³-hybridized carbons (Fsp3) is 0.652. The van der Waals surface area contributed by atoms with Crippen molar-refractivity contribution in [1.82, 2.24) is 0 Å². The molecule has 2 N–H and O–H groups in total. The largest absolute Gasteiger partial charge is 0.326 e. The van der Waals surface area contributed by atoms with Crippen molar-refractivity contribution in [2.75, 3.05) is 10.6 Å². The van der Waals surface area contributed by atoms with Crippen molar-refractivity contribution < 1.29 is 9.59 Å². The van der Waals surface area contributed by atoms with Crippen LogP contribution in [0.5, 0.6) is 0 Å². The number of carbonyl (C=O) groups is 2. The lowest BCUT2D eigenvalue weighted by atomic mass is 10.0. The van der Waals surface area contributed by atoms with Crippen molar-refractivity contribution in [2.24, 2.45) is 35.5 Å². The van der Waals surface area contributed by atoms with Crippen LogP contribution in [0.3, 0.4) is 0 Å². The number of hydrogen-bond acceptors (Lipinski definition) is 2. The van der Waals surface area contributed by atoms with E-state index >= 15 is 0 Å². The molecule has 27 heavy (non-hydrogen) atoms. The predicted octanol–water partition coefficient (Wildman–Crippen LogP) is 4.74. The van der Waals surface area contributed by atoms with E-state index < -0.39 is 0 Å². The van der Waals surface area contributed by atoms with Crippen molar-refractivity contribution >= 4 is 23.2 Å². The molecule has 6 atom stereocenters. The zero-order chi connectivity index (χ0) is 18.5. The Labute approximate surface area is 161 Å². The first-order chi connectivity index (χ1) is 13.1. The quantitative estimate of drug-likeness (QED) is 0.808. The van der Waals surface area contributed by atoms with E-state index in [1.54, 1.807) is 0 Å². The summed E-state index contributed by atoms with van der Waals surface area (Å²) in [6.45, 7) is 2.01. The van der Waals surface area contributed by atoms with Gasteiger partial charge in [0.2, 0.25) is 11.8 Å². The first-order valence-electron chi connectivity index (χ1n) is 10.9. The molecule has 1 aromatic rings. The molecule has 4 aliphatic rings. The van der Waals surface area contributed by atoms with E-state index in [9.17, 15) is 9.59 Å². The Kier molecular flexibility index (Phi) is 4.25. The lowest BCUT2D eigenvalue weighted by Gasteiger charge is -2.12. The summed E-state index contributed by atoms with van der Waals surface area (Å²) in [5, 5.41) is 6.25. The first kappa shape index (κ1) is 17.3. The molecule has 4 fully saturated rings. The van der Waals surface area contributed by atoms with E-state index in [0.29, 0.717) is 23.7 Å². The molecule has 0 heterocycles. The Morgan fingerprint density at radius 3 is 1.78 bits per heavy atom. The van der Waals surface area contributed by atoms with Gasteiger partial charge in [0, 0.05) is 23.2 Å². The summed E-state index contributed by atoms with van der Waals surface area (Å²) in [4.78, 5) is 25.4. The fourth-order valence-corrected chi connectivity index (χ4v) is 6.04. The van der Waals surface area contributed by atoms with E-state index in [-0.39, 0.29) is 23.7 Å². The van der Waals surface area contributed by atoms with Crippen molar-refractivity contribution in [2.45, 2.75) is 58.3 Å². The van der Waals surface area contributed by atoms with E-state index in [4.69, 9.17) is 0 Å². The zero-order valence-electron chi connectivity index (χ0n) is 16.2. The summed E-state index contributed by atoms with van der Waals surface area (Å²) in [7, 11) is 0. The minimum Gasteiger partial charge on any atom is -0.326 e. The number of fused-ring (bicyclic) bond motifs is 2. The van der Waals surface area contributed by atoms with Gasteiger partial charge >= 0.3 is 0 Å². The van der Waals surface area contributed by atoms with Gasteiger partial charge in [-0.3, -0.25) is 9.59 Å². The molecule has 2 amide bonds. The number of carbonyl (C=O) groups excluding carboxylic acids is 2. The lowest BCUT2D eigenvalue weighted by Crippen LogP contribution is -2.18. The summed E-state index contributed by atoms with van der Waals surface area (Å²) in [6, 6.07) is 5.88. The SMILES string of the molecule is Cc1ccc(NC(=O)C2[C@H]3CCCC[C@@H]23)cc1NC(=O)C1[C@H]2CCCC[C@@H]12. The van der Waals surface area contributed by atoms with Crippen LogP contribution in [0.25, 0.3) is 0 Å². The van der Waals surface area contributed by atoms with Crippen LogP contribution in [0.2, 0.25) is 0 Å². The molecule has 0 bridgehead atoms. The third kappa shape index (κ3) is 3.17. The van der Waals surface area contributed by atoms with Crippen LogP contribution in [-0.2, 0) is 9.59 Å². The standard InChI is InChI=1S/C23H30N2O2/c1-13-10-11-14(24-22(26)20-15-6-2-3-7-16(15)20)12-19(13)25-23(27)21-17-8-4-5-9-18(17)21/h10-12,15-18,20-21H,2-9H2,1H3,(H,24,26)(H,25,27)/t15-,16+,17-,18+,20?,21?. The summed E-state index contributed by atoms with van der Waals surface area (Å²) in [5.74, 6) is 3.21. The molecule has 4 saturated carbocycles. The highest BCUT2D eigenvalue weighted by Gasteiger charge is 2.55. The van der Waals surface area contributed by atoms with Gasteiger partial charge in [-0.25, -0.2) is 0 Å². The maximum atomic E-state index is 12.7. The van der Waals surface area contributed by atoms with Gasteiger partial charge in [-0.1, -0.05) is 31.7 Å². The van der Waals surface area contributed by atoms with E-state index in [2.05, 4.69) is 10.6 Å². The molecule has 4 aliphatic carbocycles. The molecule has 1 aromatic carbocycles. The van der Waals surface area contributed by atoms with Gasteiger partial charge in [0.25, 0.3) is 0 Å². The predicted molar refractivity (Wildman–Crippen MR) is 106 cm³/mol.